The van der Waals surface area contributed by atoms with Crippen molar-refractivity contribution < 1.29 is 8.78 Å². The van der Waals surface area contributed by atoms with E-state index >= 15 is 4.39 Å². The zero-order valence-corrected chi connectivity index (χ0v) is 17.1. The van der Waals surface area contributed by atoms with Crippen molar-refractivity contribution in [3.8, 4) is 11.3 Å². The summed E-state index contributed by atoms with van der Waals surface area (Å²) in [6, 6.07) is 8.07. The zero-order chi connectivity index (χ0) is 20.8. The van der Waals surface area contributed by atoms with Crippen molar-refractivity contribution >= 4 is 50.7 Å². The predicted octanol–water partition coefficient (Wildman–Crippen LogP) is 4.84. The third kappa shape index (κ3) is 3.14. The molecular formula is C21H15Cl2F2N5. The lowest BCUT2D eigenvalue weighted by Gasteiger charge is -2.29. The molecule has 9 heteroatoms. The van der Waals surface area contributed by atoms with Crippen LogP contribution >= 0.6 is 23.2 Å². The molecule has 5 nitrogen and oxygen atoms in total. The number of halogens is 4. The van der Waals surface area contributed by atoms with Crippen LogP contribution in [0.15, 0.2) is 36.5 Å². The highest BCUT2D eigenvalue weighted by Crippen LogP contribution is 2.37. The standard InChI is InChI=1S/C21H15Cl2F2N5/c22-16-14(24)5-4-11-2-1-3-12(15(11)16)18-17(25)19-13(10-27-18)20(29-21(23)28-19)30-8-6-26-7-9-30/h1-5,10,26H,6-9H2. The van der Waals surface area contributed by atoms with Crippen LogP contribution in [0.25, 0.3) is 32.9 Å². The first-order chi connectivity index (χ1) is 14.5. The molecule has 0 amide bonds. The van der Waals surface area contributed by atoms with Crippen molar-refractivity contribution in [1.29, 1.82) is 0 Å². The van der Waals surface area contributed by atoms with E-state index in [2.05, 4.69) is 20.3 Å². The zero-order valence-electron chi connectivity index (χ0n) is 15.6. The average Bonchev–Trinajstić information content (AvgIpc) is 2.77. The highest BCUT2D eigenvalue weighted by molar-refractivity contribution is 6.36. The summed E-state index contributed by atoms with van der Waals surface area (Å²) >= 11 is 12.4. The van der Waals surface area contributed by atoms with E-state index in [9.17, 15) is 4.39 Å². The number of nitrogens with zero attached hydrogens (tertiary/aromatic N) is 4. The smallest absolute Gasteiger partial charge is 0.225 e. The van der Waals surface area contributed by atoms with Gasteiger partial charge in [0.15, 0.2) is 5.82 Å². The van der Waals surface area contributed by atoms with Crippen molar-refractivity contribution in [1.82, 2.24) is 20.3 Å². The van der Waals surface area contributed by atoms with Crippen molar-refractivity contribution in [2.45, 2.75) is 0 Å². The van der Waals surface area contributed by atoms with Crippen LogP contribution in [0, 0.1) is 11.6 Å². The summed E-state index contributed by atoms with van der Waals surface area (Å²) in [5.41, 5.74) is 0.481. The monoisotopic (exact) mass is 445 g/mol. The Hall–Kier alpha value is -2.61. The van der Waals surface area contributed by atoms with Gasteiger partial charge >= 0.3 is 0 Å². The third-order valence-corrected chi connectivity index (χ3v) is 5.78. The number of piperazine rings is 1. The van der Waals surface area contributed by atoms with Gasteiger partial charge in [0, 0.05) is 43.3 Å². The van der Waals surface area contributed by atoms with E-state index in [0.717, 1.165) is 13.1 Å². The molecule has 1 aliphatic rings. The van der Waals surface area contributed by atoms with Gasteiger partial charge < -0.3 is 10.2 Å². The molecule has 152 valence electrons. The minimum atomic E-state index is -0.652. The number of benzene rings is 2. The van der Waals surface area contributed by atoms with Crippen LogP contribution in [0.3, 0.4) is 0 Å². The van der Waals surface area contributed by atoms with Crippen molar-refractivity contribution in [3.05, 3.63) is 58.5 Å². The fourth-order valence-corrected chi connectivity index (χ4v) is 4.27. The molecule has 1 aliphatic heterocycles. The van der Waals surface area contributed by atoms with Gasteiger partial charge in [-0.25, -0.2) is 13.8 Å². The Labute approximate surface area is 180 Å². The van der Waals surface area contributed by atoms with Crippen LogP contribution in [-0.4, -0.2) is 41.1 Å². The van der Waals surface area contributed by atoms with Gasteiger partial charge in [0.05, 0.1) is 10.4 Å². The van der Waals surface area contributed by atoms with E-state index in [1.165, 1.54) is 12.3 Å². The van der Waals surface area contributed by atoms with Gasteiger partial charge in [-0.3, -0.25) is 4.98 Å². The molecule has 0 saturated carbocycles. The lowest BCUT2D eigenvalue weighted by molar-refractivity contribution is 0.585. The molecule has 2 aromatic heterocycles. The first-order valence-electron chi connectivity index (χ1n) is 9.39. The van der Waals surface area contributed by atoms with Crippen LogP contribution in [0.5, 0.6) is 0 Å². The lowest BCUT2D eigenvalue weighted by Crippen LogP contribution is -2.44. The second-order valence-electron chi connectivity index (χ2n) is 7.00. The van der Waals surface area contributed by atoms with Crippen LogP contribution in [-0.2, 0) is 0 Å². The van der Waals surface area contributed by atoms with Crippen LogP contribution in [0.2, 0.25) is 10.3 Å². The summed E-state index contributed by atoms with van der Waals surface area (Å²) in [6.45, 7) is 3.00. The van der Waals surface area contributed by atoms with E-state index in [-0.39, 0.29) is 21.5 Å². The van der Waals surface area contributed by atoms with Gasteiger partial charge in [-0.15, -0.1) is 0 Å². The summed E-state index contributed by atoms with van der Waals surface area (Å²) in [4.78, 5) is 14.8. The molecule has 0 aliphatic carbocycles. The second kappa shape index (κ2) is 7.58. The van der Waals surface area contributed by atoms with Gasteiger partial charge in [-0.2, -0.15) is 4.98 Å². The summed E-state index contributed by atoms with van der Waals surface area (Å²) in [5, 5.41) is 4.69. The number of anilines is 1. The maximum atomic E-state index is 15.7. The number of aromatic nitrogens is 3. The molecule has 1 fully saturated rings. The SMILES string of the molecule is Fc1ccc2cccc(-c3ncc4c(N5CCNCC5)nc(Cl)nc4c3F)c2c1Cl. The Balaban J connectivity index is 1.76. The number of hydrogen-bond donors (Lipinski definition) is 1. The number of pyridine rings is 1. The van der Waals surface area contributed by atoms with Crippen molar-refractivity contribution in [2.75, 3.05) is 31.1 Å². The summed E-state index contributed by atoms with van der Waals surface area (Å²) < 4.78 is 29.8. The molecule has 0 radical (unpaired) electrons. The Morgan fingerprint density at radius 3 is 2.60 bits per heavy atom. The molecule has 0 bridgehead atoms. The normalized spacial score (nSPS) is 14.6. The van der Waals surface area contributed by atoms with Gasteiger partial charge in [0.2, 0.25) is 5.28 Å². The Morgan fingerprint density at radius 2 is 1.80 bits per heavy atom. The van der Waals surface area contributed by atoms with Gasteiger partial charge in [0.1, 0.15) is 22.8 Å². The highest BCUT2D eigenvalue weighted by atomic mass is 35.5. The molecule has 1 N–H and O–H groups in total. The maximum absolute atomic E-state index is 15.7. The first kappa shape index (κ1) is 19.4. The van der Waals surface area contributed by atoms with Gasteiger partial charge in [-0.1, -0.05) is 35.9 Å². The van der Waals surface area contributed by atoms with Crippen LogP contribution in [0.1, 0.15) is 0 Å². The third-order valence-electron chi connectivity index (χ3n) is 5.24. The van der Waals surface area contributed by atoms with E-state index < -0.39 is 11.6 Å². The van der Waals surface area contributed by atoms with E-state index in [1.54, 1.807) is 24.3 Å². The summed E-state index contributed by atoms with van der Waals surface area (Å²) in [5.74, 6) is -0.684. The highest BCUT2D eigenvalue weighted by Gasteiger charge is 2.22. The molecule has 30 heavy (non-hydrogen) atoms. The fraction of sp³-hybridized carbons (Fsp3) is 0.190. The van der Waals surface area contributed by atoms with Crippen LogP contribution < -0.4 is 10.2 Å². The topological polar surface area (TPSA) is 53.9 Å². The predicted molar refractivity (Wildman–Crippen MR) is 115 cm³/mol. The number of hydrogen-bond acceptors (Lipinski definition) is 5. The maximum Gasteiger partial charge on any atom is 0.225 e. The largest absolute Gasteiger partial charge is 0.353 e. The van der Waals surface area contributed by atoms with Crippen molar-refractivity contribution in [2.24, 2.45) is 0 Å². The fourth-order valence-electron chi connectivity index (χ4n) is 3.83. The molecule has 4 aromatic rings. The molecule has 1 saturated heterocycles. The average molecular weight is 446 g/mol. The minimum Gasteiger partial charge on any atom is -0.353 e. The second-order valence-corrected chi connectivity index (χ2v) is 7.72. The number of fused-ring (bicyclic) bond motifs is 2. The molecule has 0 atom stereocenters. The molecule has 0 spiro atoms. The van der Waals surface area contributed by atoms with E-state index in [4.69, 9.17) is 23.2 Å². The minimum absolute atomic E-state index is 0.0293. The van der Waals surface area contributed by atoms with Crippen LogP contribution in [0.4, 0.5) is 14.6 Å². The Kier molecular flexibility index (Phi) is 4.89. The quantitative estimate of drug-likeness (QED) is 0.447. The van der Waals surface area contributed by atoms with Gasteiger partial charge in [0.25, 0.3) is 0 Å². The Morgan fingerprint density at radius 1 is 1.00 bits per heavy atom. The lowest BCUT2D eigenvalue weighted by atomic mass is 10.0. The molecule has 0 unspecified atom stereocenters. The molecular weight excluding hydrogens is 431 g/mol. The van der Waals surface area contributed by atoms with E-state index in [0.29, 0.717) is 40.6 Å². The Bertz CT molecular complexity index is 1290. The molecule has 5 rings (SSSR count). The number of rotatable bonds is 2. The van der Waals surface area contributed by atoms with E-state index in [1.807, 2.05) is 4.90 Å². The number of nitrogens with one attached hydrogen (secondary N) is 1. The summed E-state index contributed by atoms with van der Waals surface area (Å²) in [7, 11) is 0. The summed E-state index contributed by atoms with van der Waals surface area (Å²) in [6.07, 6.45) is 1.54. The van der Waals surface area contributed by atoms with Gasteiger partial charge in [-0.05, 0) is 23.1 Å². The first-order valence-corrected chi connectivity index (χ1v) is 10.1. The molecule has 2 aromatic carbocycles. The molecule has 3 heterocycles. The van der Waals surface area contributed by atoms with Crippen molar-refractivity contribution in [3.63, 3.8) is 0 Å².